The molecule has 0 aliphatic heterocycles. The molecule has 0 aliphatic carbocycles. The largest absolute Gasteiger partial charge is 0.396 e. The molecular formula is C29H35NO2. The van der Waals surface area contributed by atoms with Gasteiger partial charge in [0.2, 0.25) is 0 Å². The van der Waals surface area contributed by atoms with Crippen LogP contribution in [-0.4, -0.2) is 37.0 Å². The number of unbranched alkanes of at least 4 members (excludes halogenated alkanes) is 3. The summed E-state index contributed by atoms with van der Waals surface area (Å²) in [5, 5.41) is 17.9. The predicted molar refractivity (Wildman–Crippen MR) is 137 cm³/mol. The summed E-state index contributed by atoms with van der Waals surface area (Å²) in [5.41, 5.74) is 7.26. The number of aliphatic hydroxyl groups excluding tert-OH is 2. The van der Waals surface area contributed by atoms with Gasteiger partial charge >= 0.3 is 0 Å². The van der Waals surface area contributed by atoms with Crippen LogP contribution in [0.15, 0.2) is 72.8 Å². The van der Waals surface area contributed by atoms with Crippen molar-refractivity contribution >= 4 is 17.8 Å². The van der Waals surface area contributed by atoms with E-state index in [1.54, 1.807) is 0 Å². The molecule has 168 valence electrons. The first-order valence-corrected chi connectivity index (χ1v) is 11.6. The maximum atomic E-state index is 9.09. The third-order valence-corrected chi connectivity index (χ3v) is 5.81. The fourth-order valence-electron chi connectivity index (χ4n) is 3.76. The Morgan fingerprint density at radius 3 is 1.72 bits per heavy atom. The predicted octanol–water partition coefficient (Wildman–Crippen LogP) is 6.05. The van der Waals surface area contributed by atoms with E-state index in [4.69, 9.17) is 10.2 Å². The Bertz CT molecular complexity index is 944. The highest BCUT2D eigenvalue weighted by molar-refractivity contribution is 5.72. The molecule has 0 aromatic heterocycles. The van der Waals surface area contributed by atoms with Gasteiger partial charge < -0.3 is 15.1 Å². The molecule has 3 nitrogen and oxygen atoms in total. The van der Waals surface area contributed by atoms with Crippen molar-refractivity contribution in [1.29, 1.82) is 0 Å². The molecule has 3 heteroatoms. The van der Waals surface area contributed by atoms with Gasteiger partial charge in [-0.1, -0.05) is 85.7 Å². The third kappa shape index (κ3) is 7.37. The van der Waals surface area contributed by atoms with Crippen LogP contribution in [0, 0.1) is 0 Å². The number of likely N-dealkylation sites (N-methyl/N-ethyl adjacent to an activating group) is 1. The van der Waals surface area contributed by atoms with Gasteiger partial charge in [0, 0.05) is 25.9 Å². The summed E-state index contributed by atoms with van der Waals surface area (Å²) in [6.45, 7) is 1.10. The lowest BCUT2D eigenvalue weighted by molar-refractivity contribution is 0.282. The molecule has 3 aromatic rings. The molecule has 0 saturated heterocycles. The molecule has 0 saturated carbocycles. The van der Waals surface area contributed by atoms with E-state index < -0.39 is 0 Å². The van der Waals surface area contributed by atoms with Gasteiger partial charge in [-0.3, -0.25) is 0 Å². The van der Waals surface area contributed by atoms with Crippen molar-refractivity contribution in [2.75, 3.05) is 31.7 Å². The van der Waals surface area contributed by atoms with E-state index in [9.17, 15) is 0 Å². The van der Waals surface area contributed by atoms with Crippen LogP contribution >= 0.6 is 0 Å². The van der Waals surface area contributed by atoms with Crippen molar-refractivity contribution in [1.82, 2.24) is 0 Å². The van der Waals surface area contributed by atoms with Gasteiger partial charge in [0.15, 0.2) is 0 Å². The Labute approximate surface area is 192 Å². The van der Waals surface area contributed by atoms with Gasteiger partial charge in [0.25, 0.3) is 0 Å². The van der Waals surface area contributed by atoms with E-state index in [0.717, 1.165) is 24.9 Å². The Morgan fingerprint density at radius 2 is 1.16 bits per heavy atom. The highest BCUT2D eigenvalue weighted by atomic mass is 16.3. The van der Waals surface area contributed by atoms with E-state index in [0.29, 0.717) is 13.2 Å². The molecule has 0 radical (unpaired) electrons. The number of anilines is 1. The van der Waals surface area contributed by atoms with Crippen molar-refractivity contribution in [3.05, 3.63) is 89.5 Å². The lowest BCUT2D eigenvalue weighted by Crippen LogP contribution is -2.20. The van der Waals surface area contributed by atoms with Gasteiger partial charge in [0.05, 0.1) is 6.61 Å². The number of aryl methyl sites for hydroxylation is 1. The lowest BCUT2D eigenvalue weighted by atomic mass is 10.0. The molecule has 0 spiro atoms. The maximum Gasteiger partial charge on any atom is 0.0606 e. The first-order valence-electron chi connectivity index (χ1n) is 11.6. The van der Waals surface area contributed by atoms with Crippen molar-refractivity contribution < 1.29 is 10.2 Å². The Morgan fingerprint density at radius 1 is 0.625 bits per heavy atom. The first-order chi connectivity index (χ1) is 15.7. The van der Waals surface area contributed by atoms with Gasteiger partial charge in [-0.05, 0) is 59.2 Å². The quantitative estimate of drug-likeness (QED) is 0.272. The molecule has 0 fully saturated rings. The molecule has 0 amide bonds. The van der Waals surface area contributed by atoms with Crippen LogP contribution in [0.1, 0.15) is 42.4 Å². The lowest BCUT2D eigenvalue weighted by Gasteiger charge is -2.18. The number of aliphatic hydroxyl groups is 2. The minimum absolute atomic E-state index is 0.156. The second-order valence-corrected chi connectivity index (χ2v) is 8.28. The van der Waals surface area contributed by atoms with Crippen LogP contribution in [-0.2, 0) is 6.42 Å². The maximum absolute atomic E-state index is 9.09. The Kier molecular flexibility index (Phi) is 9.55. The monoisotopic (exact) mass is 429 g/mol. The Hall–Kier alpha value is -2.88. The van der Waals surface area contributed by atoms with Crippen molar-refractivity contribution in [3.8, 4) is 11.1 Å². The second-order valence-electron chi connectivity index (χ2n) is 8.28. The smallest absolute Gasteiger partial charge is 0.0606 e. The summed E-state index contributed by atoms with van der Waals surface area (Å²) in [6.07, 6.45) is 9.82. The van der Waals surface area contributed by atoms with Crippen LogP contribution in [0.5, 0.6) is 0 Å². The van der Waals surface area contributed by atoms with E-state index in [2.05, 4.69) is 84.9 Å². The molecule has 0 bridgehead atoms. The minimum atomic E-state index is 0.156. The average molecular weight is 430 g/mol. The van der Waals surface area contributed by atoms with Crippen molar-refractivity contribution in [3.63, 3.8) is 0 Å². The van der Waals surface area contributed by atoms with Crippen LogP contribution in [0.3, 0.4) is 0 Å². The molecule has 3 aromatic carbocycles. The number of hydrogen-bond acceptors (Lipinski definition) is 3. The molecule has 0 aliphatic rings. The third-order valence-electron chi connectivity index (χ3n) is 5.81. The van der Waals surface area contributed by atoms with Crippen LogP contribution in [0.2, 0.25) is 0 Å². The zero-order valence-electron chi connectivity index (χ0n) is 19.1. The number of benzene rings is 3. The summed E-state index contributed by atoms with van der Waals surface area (Å²) in [7, 11) is 1.99. The van der Waals surface area contributed by atoms with Crippen LogP contribution in [0.4, 0.5) is 5.69 Å². The molecule has 0 unspecified atom stereocenters. The topological polar surface area (TPSA) is 43.7 Å². The van der Waals surface area contributed by atoms with Gasteiger partial charge in [-0.15, -0.1) is 0 Å². The Balaban J connectivity index is 1.54. The number of hydrogen-bond donors (Lipinski definition) is 2. The summed E-state index contributed by atoms with van der Waals surface area (Å²) in [4.78, 5) is 2.05. The summed E-state index contributed by atoms with van der Waals surface area (Å²) in [5.74, 6) is 0. The zero-order valence-corrected chi connectivity index (χ0v) is 19.1. The zero-order chi connectivity index (χ0) is 22.6. The molecule has 3 rings (SSSR count). The number of rotatable bonds is 12. The standard InChI is InChI=1S/C29H35NO2/c1-30(21-23-32)29-19-17-28(18-20-29)27-15-13-26(14-16-27)12-11-25-9-7-24(8-10-25)6-4-2-3-5-22-31/h7-20,31-32H,2-6,21-23H2,1H3/b12-11+. The molecule has 32 heavy (non-hydrogen) atoms. The van der Waals surface area contributed by atoms with Crippen LogP contribution < -0.4 is 4.90 Å². The van der Waals surface area contributed by atoms with E-state index in [1.807, 2.05) is 11.9 Å². The van der Waals surface area contributed by atoms with Gasteiger partial charge in [-0.25, -0.2) is 0 Å². The fourth-order valence-corrected chi connectivity index (χ4v) is 3.76. The average Bonchev–Trinajstić information content (AvgIpc) is 2.84. The summed E-state index contributed by atoms with van der Waals surface area (Å²) < 4.78 is 0. The molecule has 0 heterocycles. The normalized spacial score (nSPS) is 11.2. The highest BCUT2D eigenvalue weighted by Crippen LogP contribution is 2.24. The van der Waals surface area contributed by atoms with E-state index >= 15 is 0 Å². The summed E-state index contributed by atoms with van der Waals surface area (Å²) in [6, 6.07) is 25.9. The molecule has 2 N–H and O–H groups in total. The fraction of sp³-hybridized carbons (Fsp3) is 0.310. The van der Waals surface area contributed by atoms with E-state index in [1.165, 1.54) is 40.7 Å². The second kappa shape index (κ2) is 12.8. The minimum Gasteiger partial charge on any atom is -0.396 e. The van der Waals surface area contributed by atoms with Gasteiger partial charge in [0.1, 0.15) is 0 Å². The molecule has 0 atom stereocenters. The van der Waals surface area contributed by atoms with Crippen LogP contribution in [0.25, 0.3) is 23.3 Å². The van der Waals surface area contributed by atoms with Gasteiger partial charge in [-0.2, -0.15) is 0 Å². The molecular weight excluding hydrogens is 394 g/mol. The highest BCUT2D eigenvalue weighted by Gasteiger charge is 2.02. The van der Waals surface area contributed by atoms with Crippen molar-refractivity contribution in [2.45, 2.75) is 32.1 Å². The van der Waals surface area contributed by atoms with Crippen molar-refractivity contribution in [2.24, 2.45) is 0 Å². The number of nitrogens with zero attached hydrogens (tertiary/aromatic N) is 1. The first kappa shape index (κ1) is 23.8. The SMILES string of the molecule is CN(CCO)c1ccc(-c2ccc(/C=C/c3ccc(CCCCCCO)cc3)cc2)cc1. The van der Waals surface area contributed by atoms with E-state index in [-0.39, 0.29) is 6.61 Å². The summed E-state index contributed by atoms with van der Waals surface area (Å²) >= 11 is 0.